The first-order valence-electron chi connectivity index (χ1n) is 7.27. The summed E-state index contributed by atoms with van der Waals surface area (Å²) in [5, 5.41) is 10.8. The van der Waals surface area contributed by atoms with Crippen LogP contribution in [0.2, 0.25) is 0 Å². The average molecular weight is 367 g/mol. The molecule has 8 heteroatoms. The second-order valence-corrected chi connectivity index (χ2v) is 6.20. The van der Waals surface area contributed by atoms with Crippen molar-refractivity contribution in [1.29, 1.82) is 0 Å². The second kappa shape index (κ2) is 6.36. The van der Waals surface area contributed by atoms with Crippen molar-refractivity contribution in [1.82, 2.24) is 4.98 Å². The lowest BCUT2D eigenvalue weighted by Gasteiger charge is -2.07. The molecule has 2 aromatic heterocycles. The van der Waals surface area contributed by atoms with E-state index in [0.717, 1.165) is 23.5 Å². The molecule has 3 rings (SSSR count). The van der Waals surface area contributed by atoms with Crippen molar-refractivity contribution in [3.63, 3.8) is 0 Å². The monoisotopic (exact) mass is 367 g/mol. The molecule has 0 bridgehead atoms. The Morgan fingerprint density at radius 3 is 2.76 bits per heavy atom. The molecule has 1 N–H and O–H groups in total. The maximum absolute atomic E-state index is 12.9. The molecule has 0 spiro atoms. The molecule has 3 aromatic rings. The summed E-state index contributed by atoms with van der Waals surface area (Å²) in [4.78, 5) is 16.2. The third-order valence-corrected chi connectivity index (χ3v) is 4.68. The Hall–Kier alpha value is -2.61. The van der Waals surface area contributed by atoms with Crippen molar-refractivity contribution in [3.05, 3.63) is 47.8 Å². The quantitative estimate of drug-likeness (QED) is 0.672. The van der Waals surface area contributed by atoms with Gasteiger partial charge in [-0.15, -0.1) is 11.3 Å². The van der Waals surface area contributed by atoms with E-state index in [1.54, 1.807) is 19.1 Å². The van der Waals surface area contributed by atoms with Gasteiger partial charge < -0.3 is 9.84 Å². The number of fused-ring (bicyclic) bond motifs is 1. The topological polar surface area (TPSA) is 59.4 Å². The van der Waals surface area contributed by atoms with Gasteiger partial charge in [0.2, 0.25) is 0 Å². The highest BCUT2D eigenvalue weighted by Crippen LogP contribution is 2.40. The molecule has 0 saturated heterocycles. The van der Waals surface area contributed by atoms with Crippen LogP contribution in [-0.4, -0.2) is 22.7 Å². The maximum Gasteiger partial charge on any atom is 0.416 e. The number of carbonyl (C=O) groups excluding carboxylic acids is 1. The molecule has 1 aromatic carbocycles. The molecule has 130 valence electrons. The van der Waals surface area contributed by atoms with Gasteiger partial charge in [-0.2, -0.15) is 13.2 Å². The first-order valence-corrected chi connectivity index (χ1v) is 8.09. The summed E-state index contributed by atoms with van der Waals surface area (Å²) in [5.41, 5.74) is -0.600. The largest absolute Gasteiger partial charge is 0.504 e. The SMILES string of the molecule is CCOC(=O)c1ncc2cc(-c3cccc(C(F)(F)F)c3)sc2c1O. The van der Waals surface area contributed by atoms with Gasteiger partial charge in [0.1, 0.15) is 0 Å². The van der Waals surface area contributed by atoms with Crippen LogP contribution in [-0.2, 0) is 10.9 Å². The smallest absolute Gasteiger partial charge is 0.416 e. The molecular weight excluding hydrogens is 355 g/mol. The summed E-state index contributed by atoms with van der Waals surface area (Å²) in [6.45, 7) is 1.77. The molecule has 0 amide bonds. The number of benzene rings is 1. The Labute approximate surface area is 144 Å². The minimum absolute atomic E-state index is 0.137. The summed E-state index contributed by atoms with van der Waals surface area (Å²) in [7, 11) is 0. The number of ether oxygens (including phenoxy) is 1. The number of esters is 1. The van der Waals surface area contributed by atoms with Crippen molar-refractivity contribution in [2.24, 2.45) is 0 Å². The Morgan fingerprint density at radius 2 is 2.08 bits per heavy atom. The highest BCUT2D eigenvalue weighted by Gasteiger charge is 2.30. The summed E-state index contributed by atoms with van der Waals surface area (Å²) in [6, 6.07) is 6.54. The molecule has 25 heavy (non-hydrogen) atoms. The number of alkyl halides is 3. The van der Waals surface area contributed by atoms with Crippen LogP contribution in [0.15, 0.2) is 36.5 Å². The summed E-state index contributed by atoms with van der Waals surface area (Å²) in [5.74, 6) is -1.09. The number of aromatic hydroxyl groups is 1. The minimum atomic E-state index is -4.44. The highest BCUT2D eigenvalue weighted by atomic mass is 32.1. The Bertz CT molecular complexity index is 950. The lowest BCUT2D eigenvalue weighted by atomic mass is 10.1. The van der Waals surface area contributed by atoms with E-state index < -0.39 is 17.7 Å². The molecule has 0 aliphatic rings. The number of hydrogen-bond donors (Lipinski definition) is 1. The zero-order chi connectivity index (χ0) is 18.2. The lowest BCUT2D eigenvalue weighted by Crippen LogP contribution is -2.06. The van der Waals surface area contributed by atoms with Gasteiger partial charge in [0.25, 0.3) is 0 Å². The predicted octanol–water partition coefficient (Wildman–Crippen LogP) is 4.86. The van der Waals surface area contributed by atoms with Crippen LogP contribution in [0.1, 0.15) is 23.0 Å². The Kier molecular flexibility index (Phi) is 4.38. The van der Waals surface area contributed by atoms with Gasteiger partial charge in [-0.05, 0) is 30.7 Å². The number of carbonyl (C=O) groups is 1. The Morgan fingerprint density at radius 1 is 1.32 bits per heavy atom. The van der Waals surface area contributed by atoms with E-state index in [1.807, 2.05) is 0 Å². The van der Waals surface area contributed by atoms with E-state index in [-0.39, 0.29) is 18.1 Å². The summed E-state index contributed by atoms with van der Waals surface area (Å²) < 4.78 is 43.8. The molecule has 0 aliphatic heterocycles. The highest BCUT2D eigenvalue weighted by molar-refractivity contribution is 7.22. The number of thiophene rings is 1. The number of halogens is 3. The van der Waals surface area contributed by atoms with E-state index in [9.17, 15) is 23.1 Å². The zero-order valence-corrected chi connectivity index (χ0v) is 13.7. The zero-order valence-electron chi connectivity index (χ0n) is 12.9. The van der Waals surface area contributed by atoms with Gasteiger partial charge in [-0.25, -0.2) is 9.78 Å². The van der Waals surface area contributed by atoms with E-state index in [4.69, 9.17) is 4.74 Å². The molecule has 0 aliphatic carbocycles. The van der Waals surface area contributed by atoms with E-state index in [1.165, 1.54) is 12.3 Å². The van der Waals surface area contributed by atoms with Crippen LogP contribution in [0.3, 0.4) is 0 Å². The van der Waals surface area contributed by atoms with E-state index >= 15 is 0 Å². The van der Waals surface area contributed by atoms with Crippen molar-refractivity contribution in [3.8, 4) is 16.2 Å². The van der Waals surface area contributed by atoms with Gasteiger partial charge in [0, 0.05) is 16.5 Å². The third-order valence-electron chi connectivity index (χ3n) is 3.48. The van der Waals surface area contributed by atoms with Crippen LogP contribution in [0.4, 0.5) is 13.2 Å². The fraction of sp³-hybridized carbons (Fsp3) is 0.176. The van der Waals surface area contributed by atoms with Gasteiger partial charge in [-0.1, -0.05) is 12.1 Å². The standard InChI is InChI=1S/C17H12F3NO3S/c1-2-24-16(23)13-14(22)15-10(8-21-13)7-12(25-15)9-4-3-5-11(6-9)17(18,19)20/h3-8,22H,2H2,1H3. The number of pyridine rings is 1. The van der Waals surface area contributed by atoms with Crippen molar-refractivity contribution >= 4 is 27.4 Å². The van der Waals surface area contributed by atoms with Gasteiger partial charge >= 0.3 is 12.1 Å². The van der Waals surface area contributed by atoms with E-state index in [0.29, 0.717) is 20.5 Å². The predicted molar refractivity (Wildman–Crippen MR) is 87.7 cm³/mol. The van der Waals surface area contributed by atoms with Crippen molar-refractivity contribution in [2.45, 2.75) is 13.1 Å². The molecular formula is C17H12F3NO3S. The number of aromatic nitrogens is 1. The van der Waals surface area contributed by atoms with Gasteiger partial charge in [0.15, 0.2) is 11.4 Å². The molecule has 0 unspecified atom stereocenters. The maximum atomic E-state index is 12.9. The molecule has 4 nitrogen and oxygen atoms in total. The minimum Gasteiger partial charge on any atom is -0.504 e. The molecule has 0 radical (unpaired) electrons. The van der Waals surface area contributed by atoms with Crippen molar-refractivity contribution < 1.29 is 27.8 Å². The fourth-order valence-corrected chi connectivity index (χ4v) is 3.40. The number of rotatable bonds is 3. The summed E-state index contributed by atoms with van der Waals surface area (Å²) >= 11 is 1.08. The molecule has 0 saturated carbocycles. The third kappa shape index (κ3) is 3.30. The molecule has 0 atom stereocenters. The first-order chi connectivity index (χ1) is 11.8. The normalized spacial score (nSPS) is 11.7. The number of nitrogens with zero attached hydrogens (tertiary/aromatic N) is 1. The second-order valence-electron chi connectivity index (χ2n) is 5.15. The Balaban J connectivity index is 2.08. The molecule has 2 heterocycles. The van der Waals surface area contributed by atoms with Gasteiger partial charge in [0.05, 0.1) is 16.9 Å². The van der Waals surface area contributed by atoms with Crippen LogP contribution < -0.4 is 0 Å². The fourth-order valence-electron chi connectivity index (χ4n) is 2.33. The lowest BCUT2D eigenvalue weighted by molar-refractivity contribution is -0.137. The van der Waals surface area contributed by atoms with Crippen molar-refractivity contribution in [2.75, 3.05) is 6.61 Å². The van der Waals surface area contributed by atoms with Gasteiger partial charge in [-0.3, -0.25) is 0 Å². The van der Waals surface area contributed by atoms with Crippen LogP contribution in [0.25, 0.3) is 20.5 Å². The molecule has 0 fully saturated rings. The van der Waals surface area contributed by atoms with Crippen LogP contribution in [0, 0.1) is 0 Å². The van der Waals surface area contributed by atoms with Crippen LogP contribution in [0.5, 0.6) is 5.75 Å². The van der Waals surface area contributed by atoms with Crippen LogP contribution >= 0.6 is 11.3 Å². The first kappa shape index (κ1) is 17.2. The number of hydrogen-bond acceptors (Lipinski definition) is 5. The summed E-state index contributed by atoms with van der Waals surface area (Å²) in [6.07, 6.45) is -3.05. The average Bonchev–Trinajstić information content (AvgIpc) is 3.00. The van der Waals surface area contributed by atoms with E-state index in [2.05, 4.69) is 4.98 Å².